The molecule has 8 nitrogen and oxygen atoms in total. The average molecular weight is 489 g/mol. The number of nitrogens with one attached hydrogen (secondary N) is 1. The van der Waals surface area contributed by atoms with Gasteiger partial charge in [-0.2, -0.15) is 0 Å². The number of benzene rings is 2. The molecule has 1 saturated heterocycles. The summed E-state index contributed by atoms with van der Waals surface area (Å²) >= 11 is 3.36. The van der Waals surface area contributed by atoms with Crippen LogP contribution in [0.15, 0.2) is 46.9 Å². The van der Waals surface area contributed by atoms with E-state index in [1.165, 1.54) is 12.0 Å². The van der Waals surface area contributed by atoms with Gasteiger partial charge in [-0.1, -0.05) is 15.9 Å². The summed E-state index contributed by atoms with van der Waals surface area (Å²) in [6.07, 6.45) is -0.00890. The van der Waals surface area contributed by atoms with Gasteiger partial charge >= 0.3 is 11.9 Å². The van der Waals surface area contributed by atoms with Crippen LogP contribution < -0.4 is 10.2 Å². The zero-order valence-electron chi connectivity index (χ0n) is 17.0. The van der Waals surface area contributed by atoms with E-state index >= 15 is 0 Å². The molecule has 0 aromatic heterocycles. The highest BCUT2D eigenvalue weighted by molar-refractivity contribution is 9.10. The summed E-state index contributed by atoms with van der Waals surface area (Å²) in [5.41, 5.74) is 2.42. The molecule has 1 heterocycles. The second kappa shape index (κ2) is 9.74. The summed E-state index contributed by atoms with van der Waals surface area (Å²) in [4.78, 5) is 49.8. The molecule has 2 aromatic carbocycles. The van der Waals surface area contributed by atoms with Crippen LogP contribution in [0.5, 0.6) is 0 Å². The fourth-order valence-electron chi connectivity index (χ4n) is 3.22. The van der Waals surface area contributed by atoms with Crippen molar-refractivity contribution in [2.45, 2.75) is 13.3 Å². The summed E-state index contributed by atoms with van der Waals surface area (Å²) in [6.45, 7) is 1.55. The molecule has 1 aliphatic rings. The van der Waals surface area contributed by atoms with Crippen LogP contribution >= 0.6 is 15.9 Å². The minimum Gasteiger partial charge on any atom is -0.465 e. The quantitative estimate of drug-likeness (QED) is 0.626. The van der Waals surface area contributed by atoms with E-state index in [-0.39, 0.29) is 18.9 Å². The second-order valence-electron chi connectivity index (χ2n) is 7.06. The Morgan fingerprint density at radius 3 is 2.52 bits per heavy atom. The predicted octanol–water partition coefficient (Wildman–Crippen LogP) is 3.08. The number of rotatable bonds is 6. The Morgan fingerprint density at radius 1 is 1.16 bits per heavy atom. The van der Waals surface area contributed by atoms with Crippen LogP contribution in [0.3, 0.4) is 0 Å². The predicted molar refractivity (Wildman–Crippen MR) is 117 cm³/mol. The molecule has 2 aromatic rings. The molecule has 1 fully saturated rings. The molecule has 1 aliphatic heterocycles. The number of aryl methyl sites for hydroxylation is 1. The van der Waals surface area contributed by atoms with E-state index < -0.39 is 30.4 Å². The molecular weight excluding hydrogens is 468 g/mol. The number of methoxy groups -OCH3 is 1. The molecule has 162 valence electrons. The molecule has 0 unspecified atom stereocenters. The summed E-state index contributed by atoms with van der Waals surface area (Å²) in [7, 11) is 1.29. The normalized spacial score (nSPS) is 15.5. The first-order valence-electron chi connectivity index (χ1n) is 9.50. The Hall–Kier alpha value is -3.20. The molecule has 1 atom stereocenters. The van der Waals surface area contributed by atoms with Crippen LogP contribution in [0.2, 0.25) is 0 Å². The lowest BCUT2D eigenvalue weighted by atomic mass is 10.1. The third-order valence-electron chi connectivity index (χ3n) is 4.87. The average Bonchev–Trinajstić information content (AvgIpc) is 3.15. The largest absolute Gasteiger partial charge is 0.465 e. The number of halogens is 1. The van der Waals surface area contributed by atoms with Gasteiger partial charge < -0.3 is 19.7 Å². The first kappa shape index (κ1) is 22.5. The molecule has 0 radical (unpaired) electrons. The SMILES string of the molecule is COC(=O)c1ccc(N2C[C@H](C(=O)OCC(=O)Nc3ccc(Br)cc3C)CC2=O)cc1. The lowest BCUT2D eigenvalue weighted by Gasteiger charge is -2.17. The van der Waals surface area contributed by atoms with Gasteiger partial charge in [0.25, 0.3) is 5.91 Å². The Kier molecular flexibility index (Phi) is 7.06. The molecule has 0 bridgehead atoms. The van der Waals surface area contributed by atoms with E-state index in [2.05, 4.69) is 26.0 Å². The van der Waals surface area contributed by atoms with Gasteiger partial charge in [0.2, 0.25) is 5.91 Å². The van der Waals surface area contributed by atoms with Gasteiger partial charge in [0.1, 0.15) is 0 Å². The highest BCUT2D eigenvalue weighted by Gasteiger charge is 2.36. The first-order valence-corrected chi connectivity index (χ1v) is 10.3. The molecule has 9 heteroatoms. The molecule has 2 amide bonds. The molecule has 3 rings (SSSR count). The van der Waals surface area contributed by atoms with Crippen LogP contribution in [0.1, 0.15) is 22.3 Å². The maximum Gasteiger partial charge on any atom is 0.337 e. The molecule has 0 saturated carbocycles. The van der Waals surface area contributed by atoms with Gasteiger partial charge in [-0.25, -0.2) is 4.79 Å². The fraction of sp³-hybridized carbons (Fsp3) is 0.273. The summed E-state index contributed by atoms with van der Waals surface area (Å²) in [5.74, 6) is -2.45. The number of anilines is 2. The highest BCUT2D eigenvalue weighted by atomic mass is 79.9. The number of nitrogens with zero attached hydrogens (tertiary/aromatic N) is 1. The molecule has 0 spiro atoms. The van der Waals surface area contributed by atoms with Crippen molar-refractivity contribution >= 4 is 51.1 Å². The maximum atomic E-state index is 12.4. The third kappa shape index (κ3) is 5.49. The van der Waals surface area contributed by atoms with Crippen molar-refractivity contribution in [2.75, 3.05) is 30.5 Å². The van der Waals surface area contributed by atoms with Crippen molar-refractivity contribution in [1.82, 2.24) is 0 Å². The standard InChI is InChI=1S/C22H21BrN2O6/c1-13-9-16(23)5-8-18(13)24-19(26)12-31-22(29)15-10-20(27)25(11-15)17-6-3-14(4-7-17)21(28)30-2/h3-9,15H,10-12H2,1-2H3,(H,24,26)/t15-/m1/s1. The number of carbonyl (C=O) groups is 4. The Morgan fingerprint density at radius 2 is 1.87 bits per heavy atom. The van der Waals surface area contributed by atoms with E-state index in [1.54, 1.807) is 36.4 Å². The van der Waals surface area contributed by atoms with Crippen molar-refractivity contribution in [2.24, 2.45) is 5.92 Å². The van der Waals surface area contributed by atoms with Crippen LogP contribution in [0, 0.1) is 12.8 Å². The Balaban J connectivity index is 1.54. The van der Waals surface area contributed by atoms with Crippen LogP contribution in [-0.4, -0.2) is 44.0 Å². The number of amides is 2. The number of hydrogen-bond acceptors (Lipinski definition) is 6. The van der Waals surface area contributed by atoms with Crippen LogP contribution in [-0.2, 0) is 23.9 Å². The Labute approximate surface area is 187 Å². The maximum absolute atomic E-state index is 12.4. The van der Waals surface area contributed by atoms with Crippen LogP contribution in [0.4, 0.5) is 11.4 Å². The number of ether oxygens (including phenoxy) is 2. The van der Waals surface area contributed by atoms with Gasteiger partial charge in [-0.15, -0.1) is 0 Å². The number of carbonyl (C=O) groups excluding carboxylic acids is 4. The van der Waals surface area contributed by atoms with Gasteiger partial charge in [-0.3, -0.25) is 14.4 Å². The first-order chi connectivity index (χ1) is 14.8. The molecule has 0 aliphatic carbocycles. The van der Waals surface area contributed by atoms with E-state index in [4.69, 9.17) is 4.74 Å². The van der Waals surface area contributed by atoms with Gasteiger partial charge in [0, 0.05) is 28.8 Å². The van der Waals surface area contributed by atoms with Crippen LogP contribution in [0.25, 0.3) is 0 Å². The van der Waals surface area contributed by atoms with E-state index in [9.17, 15) is 19.2 Å². The highest BCUT2D eigenvalue weighted by Crippen LogP contribution is 2.26. The van der Waals surface area contributed by atoms with Gasteiger partial charge in [-0.05, 0) is 55.0 Å². The third-order valence-corrected chi connectivity index (χ3v) is 5.36. The lowest BCUT2D eigenvalue weighted by Crippen LogP contribution is -2.28. The van der Waals surface area contributed by atoms with Crippen molar-refractivity contribution < 1.29 is 28.7 Å². The van der Waals surface area contributed by atoms with Crippen molar-refractivity contribution in [3.05, 3.63) is 58.1 Å². The minimum atomic E-state index is -0.671. The topological polar surface area (TPSA) is 102 Å². The molecule has 31 heavy (non-hydrogen) atoms. The van der Waals surface area contributed by atoms with E-state index in [1.807, 2.05) is 13.0 Å². The zero-order valence-corrected chi connectivity index (χ0v) is 18.6. The van der Waals surface area contributed by atoms with Crippen molar-refractivity contribution in [1.29, 1.82) is 0 Å². The summed E-state index contributed by atoms with van der Waals surface area (Å²) in [5, 5.41) is 2.69. The fourth-order valence-corrected chi connectivity index (χ4v) is 3.69. The van der Waals surface area contributed by atoms with E-state index in [0.717, 1.165) is 10.0 Å². The van der Waals surface area contributed by atoms with Crippen molar-refractivity contribution in [3.8, 4) is 0 Å². The monoisotopic (exact) mass is 488 g/mol. The summed E-state index contributed by atoms with van der Waals surface area (Å²) in [6, 6.07) is 11.7. The number of esters is 2. The lowest BCUT2D eigenvalue weighted by molar-refractivity contribution is -0.151. The zero-order chi connectivity index (χ0) is 22.5. The molecular formula is C22H21BrN2O6. The second-order valence-corrected chi connectivity index (χ2v) is 7.97. The van der Waals surface area contributed by atoms with Gasteiger partial charge in [0.05, 0.1) is 18.6 Å². The number of hydrogen-bond donors (Lipinski definition) is 1. The molecule has 1 N–H and O–H groups in total. The smallest absolute Gasteiger partial charge is 0.337 e. The Bertz CT molecular complexity index is 1020. The van der Waals surface area contributed by atoms with E-state index in [0.29, 0.717) is 16.9 Å². The summed E-state index contributed by atoms with van der Waals surface area (Å²) < 4.78 is 10.7. The minimum absolute atomic E-state index is 0.00890. The van der Waals surface area contributed by atoms with Crippen molar-refractivity contribution in [3.63, 3.8) is 0 Å². The van der Waals surface area contributed by atoms with Gasteiger partial charge in [0.15, 0.2) is 6.61 Å².